The fraction of sp³-hybridized carbons (Fsp3) is 0.667. The van der Waals surface area contributed by atoms with Gasteiger partial charge < -0.3 is 4.74 Å². The predicted molar refractivity (Wildman–Crippen MR) is 71.4 cm³/mol. The van der Waals surface area contributed by atoms with E-state index in [4.69, 9.17) is 4.74 Å². The Morgan fingerprint density at radius 1 is 1.67 bits per heavy atom. The number of hydrogen-bond donors (Lipinski definition) is 0. The number of carbonyl (C=O) groups is 1. The minimum Gasteiger partial charge on any atom is -0.469 e. The van der Waals surface area contributed by atoms with Crippen molar-refractivity contribution in [3.05, 3.63) is 18.0 Å². The van der Waals surface area contributed by atoms with Gasteiger partial charge in [0.25, 0.3) is 0 Å². The molecule has 5 nitrogen and oxygen atoms in total. The fourth-order valence-electron chi connectivity index (χ4n) is 2.15. The lowest BCUT2D eigenvalue weighted by Gasteiger charge is -2.34. The van der Waals surface area contributed by atoms with Crippen LogP contribution in [-0.2, 0) is 23.1 Å². The summed E-state index contributed by atoms with van der Waals surface area (Å²) < 4.78 is 6.57. The van der Waals surface area contributed by atoms with Crippen molar-refractivity contribution in [3.63, 3.8) is 0 Å². The van der Waals surface area contributed by atoms with E-state index in [2.05, 4.69) is 10.00 Å². The molecule has 0 saturated carbocycles. The first-order valence-corrected chi connectivity index (χ1v) is 7.20. The number of carbonyl (C=O) groups excluding carboxylic acids is 1. The Labute approximate surface area is 111 Å². The highest BCUT2D eigenvalue weighted by Gasteiger charge is 2.25. The van der Waals surface area contributed by atoms with E-state index in [1.165, 1.54) is 12.7 Å². The first-order chi connectivity index (χ1) is 8.69. The Morgan fingerprint density at radius 3 is 3.17 bits per heavy atom. The number of aryl methyl sites for hydroxylation is 1. The van der Waals surface area contributed by atoms with Crippen molar-refractivity contribution in [2.24, 2.45) is 7.05 Å². The van der Waals surface area contributed by atoms with Gasteiger partial charge >= 0.3 is 5.97 Å². The number of methoxy groups -OCH3 is 1. The first-order valence-electron chi connectivity index (χ1n) is 6.05. The monoisotopic (exact) mass is 269 g/mol. The molecule has 1 aliphatic rings. The molecule has 1 aromatic rings. The highest BCUT2D eigenvalue weighted by Crippen LogP contribution is 2.21. The molecule has 1 fully saturated rings. The SMILES string of the molecule is COC(=O)CC1CSCCN1Cc1cnn(C)c1. The lowest BCUT2D eigenvalue weighted by atomic mass is 10.1. The summed E-state index contributed by atoms with van der Waals surface area (Å²) in [6.45, 7) is 1.87. The highest BCUT2D eigenvalue weighted by molar-refractivity contribution is 7.99. The van der Waals surface area contributed by atoms with Crippen LogP contribution in [0.25, 0.3) is 0 Å². The van der Waals surface area contributed by atoms with E-state index in [-0.39, 0.29) is 12.0 Å². The maximum Gasteiger partial charge on any atom is 0.307 e. The van der Waals surface area contributed by atoms with E-state index in [0.29, 0.717) is 6.42 Å². The summed E-state index contributed by atoms with van der Waals surface area (Å²) in [4.78, 5) is 13.8. The van der Waals surface area contributed by atoms with Crippen LogP contribution < -0.4 is 0 Å². The quantitative estimate of drug-likeness (QED) is 0.760. The van der Waals surface area contributed by atoms with Gasteiger partial charge in [0.05, 0.1) is 19.7 Å². The normalized spacial score (nSPS) is 20.9. The number of nitrogens with zero attached hydrogens (tertiary/aromatic N) is 3. The van der Waals surface area contributed by atoms with E-state index in [1.807, 2.05) is 35.9 Å². The number of esters is 1. The molecule has 1 aliphatic heterocycles. The largest absolute Gasteiger partial charge is 0.469 e. The molecular weight excluding hydrogens is 250 g/mol. The summed E-state index contributed by atoms with van der Waals surface area (Å²) >= 11 is 1.90. The number of thioether (sulfide) groups is 1. The summed E-state index contributed by atoms with van der Waals surface area (Å²) in [6.07, 6.45) is 4.39. The molecule has 0 bridgehead atoms. The average molecular weight is 269 g/mol. The van der Waals surface area contributed by atoms with Crippen molar-refractivity contribution in [1.29, 1.82) is 0 Å². The van der Waals surface area contributed by atoms with E-state index >= 15 is 0 Å². The fourth-order valence-corrected chi connectivity index (χ4v) is 3.28. The van der Waals surface area contributed by atoms with E-state index in [1.54, 1.807) is 0 Å². The van der Waals surface area contributed by atoms with Gasteiger partial charge in [0.1, 0.15) is 0 Å². The molecule has 1 atom stereocenters. The van der Waals surface area contributed by atoms with Gasteiger partial charge in [-0.3, -0.25) is 14.4 Å². The Bertz CT molecular complexity index is 408. The Kier molecular flexibility index (Phi) is 4.66. The minimum absolute atomic E-state index is 0.126. The molecule has 0 spiro atoms. The molecule has 18 heavy (non-hydrogen) atoms. The third kappa shape index (κ3) is 3.49. The summed E-state index contributed by atoms with van der Waals surface area (Å²) in [5.41, 5.74) is 1.19. The molecule has 6 heteroatoms. The molecule has 0 aromatic carbocycles. The molecule has 0 N–H and O–H groups in total. The van der Waals surface area contributed by atoms with Crippen molar-refractivity contribution < 1.29 is 9.53 Å². The second-order valence-electron chi connectivity index (χ2n) is 4.50. The van der Waals surface area contributed by atoms with Crippen LogP contribution in [0.15, 0.2) is 12.4 Å². The third-order valence-corrected chi connectivity index (χ3v) is 4.22. The lowest BCUT2D eigenvalue weighted by molar-refractivity contribution is -0.141. The Hall–Kier alpha value is -1.01. The molecule has 0 aliphatic carbocycles. The maximum atomic E-state index is 11.4. The molecule has 1 unspecified atom stereocenters. The van der Waals surface area contributed by atoms with E-state index in [9.17, 15) is 4.79 Å². The zero-order chi connectivity index (χ0) is 13.0. The topological polar surface area (TPSA) is 47.4 Å². The Morgan fingerprint density at radius 2 is 2.50 bits per heavy atom. The molecule has 2 heterocycles. The highest BCUT2D eigenvalue weighted by atomic mass is 32.2. The molecule has 0 radical (unpaired) electrons. The van der Waals surface area contributed by atoms with Gasteiger partial charge in [-0.25, -0.2) is 0 Å². The second kappa shape index (κ2) is 6.24. The summed E-state index contributed by atoms with van der Waals surface area (Å²) in [5.74, 6) is 1.99. The molecule has 1 saturated heterocycles. The van der Waals surface area contributed by atoms with Gasteiger partial charge in [-0.2, -0.15) is 16.9 Å². The van der Waals surface area contributed by atoms with Crippen LogP contribution in [0.4, 0.5) is 0 Å². The molecule has 100 valence electrons. The van der Waals surface area contributed by atoms with E-state index < -0.39 is 0 Å². The van der Waals surface area contributed by atoms with Crippen molar-refractivity contribution in [2.45, 2.75) is 19.0 Å². The van der Waals surface area contributed by atoms with Gasteiger partial charge in [-0.1, -0.05) is 0 Å². The smallest absolute Gasteiger partial charge is 0.307 e. The Balaban J connectivity index is 1.96. The molecule has 0 amide bonds. The number of rotatable bonds is 4. The van der Waals surface area contributed by atoms with Crippen LogP contribution in [0.2, 0.25) is 0 Å². The van der Waals surface area contributed by atoms with Crippen LogP contribution in [0.1, 0.15) is 12.0 Å². The molecule has 1 aromatic heterocycles. The summed E-state index contributed by atoms with van der Waals surface area (Å²) in [5, 5.41) is 4.18. The van der Waals surface area contributed by atoms with Crippen molar-refractivity contribution in [2.75, 3.05) is 25.2 Å². The zero-order valence-corrected chi connectivity index (χ0v) is 11.7. The first kappa shape index (κ1) is 13.4. The van der Waals surface area contributed by atoms with Gasteiger partial charge in [0.15, 0.2) is 0 Å². The van der Waals surface area contributed by atoms with Crippen LogP contribution in [0, 0.1) is 0 Å². The van der Waals surface area contributed by atoms with Gasteiger partial charge in [-0.15, -0.1) is 0 Å². The van der Waals surface area contributed by atoms with Gasteiger partial charge in [-0.05, 0) is 0 Å². The number of ether oxygens (including phenoxy) is 1. The molecule has 2 rings (SSSR count). The number of aromatic nitrogens is 2. The standard InChI is InChI=1S/C12H19N3O2S/c1-14-7-10(6-13-14)8-15-3-4-18-9-11(15)5-12(16)17-2/h6-7,11H,3-5,8-9H2,1-2H3. The molecular formula is C12H19N3O2S. The summed E-state index contributed by atoms with van der Waals surface area (Å²) in [6, 6.07) is 0.274. The van der Waals surface area contributed by atoms with Crippen molar-refractivity contribution >= 4 is 17.7 Å². The predicted octanol–water partition coefficient (Wildman–Crippen LogP) is 0.901. The maximum absolute atomic E-state index is 11.4. The van der Waals surface area contributed by atoms with Gasteiger partial charge in [0, 0.05) is 49.4 Å². The third-order valence-electron chi connectivity index (χ3n) is 3.12. The zero-order valence-electron chi connectivity index (χ0n) is 10.8. The lowest BCUT2D eigenvalue weighted by Crippen LogP contribution is -2.43. The van der Waals surface area contributed by atoms with Crippen molar-refractivity contribution in [1.82, 2.24) is 14.7 Å². The van der Waals surface area contributed by atoms with Gasteiger partial charge in [0.2, 0.25) is 0 Å². The van der Waals surface area contributed by atoms with E-state index in [0.717, 1.165) is 24.6 Å². The summed E-state index contributed by atoms with van der Waals surface area (Å²) in [7, 11) is 3.37. The van der Waals surface area contributed by atoms with Crippen LogP contribution in [0.5, 0.6) is 0 Å². The van der Waals surface area contributed by atoms with Crippen LogP contribution in [-0.4, -0.2) is 51.9 Å². The van der Waals surface area contributed by atoms with Crippen LogP contribution >= 0.6 is 11.8 Å². The minimum atomic E-state index is -0.126. The van der Waals surface area contributed by atoms with Crippen molar-refractivity contribution in [3.8, 4) is 0 Å². The average Bonchev–Trinajstić information content (AvgIpc) is 2.77. The van der Waals surface area contributed by atoms with Crippen LogP contribution in [0.3, 0.4) is 0 Å². The number of hydrogen-bond acceptors (Lipinski definition) is 5. The second-order valence-corrected chi connectivity index (χ2v) is 5.65.